The van der Waals surface area contributed by atoms with Crippen molar-refractivity contribution >= 4 is 34.2 Å². The van der Waals surface area contributed by atoms with Crippen molar-refractivity contribution in [3.63, 3.8) is 0 Å². The molecule has 2 aromatic carbocycles. The third kappa shape index (κ3) is 2.39. The van der Waals surface area contributed by atoms with Gasteiger partial charge in [-0.1, -0.05) is 29.8 Å². The summed E-state index contributed by atoms with van der Waals surface area (Å²) >= 11 is 12.1. The number of alkyl halides is 1. The fraction of sp³-hybridized carbons (Fsp3) is 0.133. The molecule has 0 bridgehead atoms. The number of hydrogen-bond donors (Lipinski definition) is 0. The van der Waals surface area contributed by atoms with Crippen LogP contribution in [0.3, 0.4) is 0 Å². The number of nitrogens with zero attached hydrogens (tertiary/aromatic N) is 2. The molecule has 0 radical (unpaired) electrons. The number of hydrogen-bond acceptors (Lipinski definition) is 1. The van der Waals surface area contributed by atoms with Crippen LogP contribution in [0.25, 0.3) is 11.0 Å². The first-order valence-corrected chi connectivity index (χ1v) is 7.04. The van der Waals surface area contributed by atoms with E-state index >= 15 is 0 Å². The van der Waals surface area contributed by atoms with Crippen LogP contribution < -0.4 is 0 Å². The van der Waals surface area contributed by atoms with E-state index in [1.54, 1.807) is 18.2 Å². The van der Waals surface area contributed by atoms with Crippen molar-refractivity contribution < 1.29 is 4.39 Å². The molecule has 20 heavy (non-hydrogen) atoms. The van der Waals surface area contributed by atoms with Gasteiger partial charge in [-0.15, -0.1) is 11.6 Å². The standard InChI is InChI=1S/C15H11Cl2FN2/c16-8-14-19-15-12(17)2-1-3-13(15)20(14)9-10-4-6-11(18)7-5-10/h1-7H,8-9H2. The fourth-order valence-corrected chi connectivity index (χ4v) is 2.63. The molecular weight excluding hydrogens is 298 g/mol. The fourth-order valence-electron chi connectivity index (χ4n) is 2.21. The molecule has 3 aromatic rings. The number of imidazole rings is 1. The Bertz CT molecular complexity index is 750. The van der Waals surface area contributed by atoms with Crippen LogP contribution in [0.5, 0.6) is 0 Å². The van der Waals surface area contributed by atoms with Crippen LogP contribution in [0.4, 0.5) is 4.39 Å². The van der Waals surface area contributed by atoms with Gasteiger partial charge in [-0.05, 0) is 29.8 Å². The van der Waals surface area contributed by atoms with Gasteiger partial charge < -0.3 is 4.57 Å². The summed E-state index contributed by atoms with van der Waals surface area (Å²) in [5.74, 6) is 0.801. The van der Waals surface area contributed by atoms with Gasteiger partial charge in [-0.3, -0.25) is 0 Å². The maximum Gasteiger partial charge on any atom is 0.125 e. The molecule has 1 heterocycles. The highest BCUT2D eigenvalue weighted by Gasteiger charge is 2.12. The van der Waals surface area contributed by atoms with Crippen LogP contribution in [0, 0.1) is 5.82 Å². The van der Waals surface area contributed by atoms with Crippen molar-refractivity contribution in [1.29, 1.82) is 0 Å². The SMILES string of the molecule is Fc1ccc(Cn2c(CCl)nc3c(Cl)cccc32)cc1. The van der Waals surface area contributed by atoms with E-state index in [1.165, 1.54) is 12.1 Å². The Hall–Kier alpha value is -1.58. The quantitative estimate of drug-likeness (QED) is 0.646. The molecule has 0 saturated heterocycles. The molecule has 3 rings (SSSR count). The molecule has 0 unspecified atom stereocenters. The van der Waals surface area contributed by atoms with Crippen molar-refractivity contribution in [3.05, 3.63) is 64.7 Å². The minimum absolute atomic E-state index is 0.246. The Kier molecular flexibility index (Phi) is 3.64. The van der Waals surface area contributed by atoms with E-state index in [1.807, 2.05) is 16.7 Å². The minimum Gasteiger partial charge on any atom is -0.322 e. The van der Waals surface area contributed by atoms with Gasteiger partial charge in [-0.25, -0.2) is 9.37 Å². The number of aromatic nitrogens is 2. The third-order valence-electron chi connectivity index (χ3n) is 3.18. The number of halogens is 3. The van der Waals surface area contributed by atoms with E-state index in [2.05, 4.69) is 4.98 Å². The second-order valence-corrected chi connectivity index (χ2v) is 5.16. The molecule has 0 spiro atoms. The van der Waals surface area contributed by atoms with Crippen molar-refractivity contribution in [3.8, 4) is 0 Å². The van der Waals surface area contributed by atoms with Crippen LogP contribution in [-0.4, -0.2) is 9.55 Å². The lowest BCUT2D eigenvalue weighted by atomic mass is 10.2. The van der Waals surface area contributed by atoms with Crippen molar-refractivity contribution in [1.82, 2.24) is 9.55 Å². The van der Waals surface area contributed by atoms with Crippen LogP contribution in [0.1, 0.15) is 11.4 Å². The molecular formula is C15H11Cl2FN2. The predicted molar refractivity (Wildman–Crippen MR) is 79.8 cm³/mol. The average Bonchev–Trinajstić information content (AvgIpc) is 2.81. The molecule has 0 saturated carbocycles. The zero-order valence-corrected chi connectivity index (χ0v) is 12.0. The maximum absolute atomic E-state index is 13.0. The van der Waals surface area contributed by atoms with Gasteiger partial charge in [0, 0.05) is 6.54 Å². The molecule has 5 heteroatoms. The smallest absolute Gasteiger partial charge is 0.125 e. The van der Waals surface area contributed by atoms with Crippen molar-refractivity contribution in [2.45, 2.75) is 12.4 Å². The summed E-state index contributed by atoms with van der Waals surface area (Å²) in [6, 6.07) is 12.0. The second-order valence-electron chi connectivity index (χ2n) is 4.48. The molecule has 0 atom stereocenters. The Morgan fingerprint density at radius 2 is 1.85 bits per heavy atom. The van der Waals surface area contributed by atoms with Crippen LogP contribution in [0.15, 0.2) is 42.5 Å². The van der Waals surface area contributed by atoms with Crippen molar-refractivity contribution in [2.24, 2.45) is 0 Å². The van der Waals surface area contributed by atoms with E-state index in [-0.39, 0.29) is 5.82 Å². The van der Waals surface area contributed by atoms with E-state index in [0.29, 0.717) is 17.4 Å². The average molecular weight is 309 g/mol. The molecule has 0 aliphatic heterocycles. The summed E-state index contributed by atoms with van der Waals surface area (Å²) in [6.07, 6.45) is 0. The summed E-state index contributed by atoms with van der Waals surface area (Å²) in [5.41, 5.74) is 2.65. The van der Waals surface area contributed by atoms with Crippen LogP contribution in [-0.2, 0) is 12.4 Å². The van der Waals surface area contributed by atoms with Crippen LogP contribution in [0.2, 0.25) is 5.02 Å². The molecule has 0 aliphatic rings. The van der Waals surface area contributed by atoms with Gasteiger partial charge in [0.1, 0.15) is 17.2 Å². The first-order valence-electron chi connectivity index (χ1n) is 6.13. The molecule has 2 nitrogen and oxygen atoms in total. The highest BCUT2D eigenvalue weighted by molar-refractivity contribution is 6.35. The first-order chi connectivity index (χ1) is 9.69. The lowest BCUT2D eigenvalue weighted by molar-refractivity contribution is 0.626. The predicted octanol–water partition coefficient (Wildman–Crippen LogP) is 4.62. The van der Waals surface area contributed by atoms with Gasteiger partial charge in [0.15, 0.2) is 0 Å². The lowest BCUT2D eigenvalue weighted by Crippen LogP contribution is -2.03. The van der Waals surface area contributed by atoms with Gasteiger partial charge in [0.2, 0.25) is 0 Å². The summed E-state index contributed by atoms with van der Waals surface area (Å²) in [7, 11) is 0. The van der Waals surface area contributed by atoms with E-state index in [9.17, 15) is 4.39 Å². The van der Waals surface area contributed by atoms with Crippen molar-refractivity contribution in [2.75, 3.05) is 0 Å². The summed E-state index contributed by atoms with van der Waals surface area (Å²) in [6.45, 7) is 0.583. The molecule has 1 aromatic heterocycles. The Morgan fingerprint density at radius 1 is 1.10 bits per heavy atom. The normalized spacial score (nSPS) is 11.2. The Morgan fingerprint density at radius 3 is 2.55 bits per heavy atom. The van der Waals surface area contributed by atoms with Gasteiger partial charge in [0.25, 0.3) is 0 Å². The highest BCUT2D eigenvalue weighted by atomic mass is 35.5. The summed E-state index contributed by atoms with van der Waals surface area (Å²) in [5, 5.41) is 0.603. The van der Waals surface area contributed by atoms with E-state index < -0.39 is 0 Å². The Labute approximate surface area is 125 Å². The third-order valence-corrected chi connectivity index (χ3v) is 3.73. The topological polar surface area (TPSA) is 17.8 Å². The van der Waals surface area contributed by atoms with E-state index in [4.69, 9.17) is 23.2 Å². The monoisotopic (exact) mass is 308 g/mol. The second kappa shape index (κ2) is 5.43. The Balaban J connectivity index is 2.10. The summed E-state index contributed by atoms with van der Waals surface area (Å²) in [4.78, 5) is 4.47. The van der Waals surface area contributed by atoms with Crippen LogP contribution >= 0.6 is 23.2 Å². The van der Waals surface area contributed by atoms with Gasteiger partial charge >= 0.3 is 0 Å². The van der Waals surface area contributed by atoms with Gasteiger partial charge in [0.05, 0.1) is 16.4 Å². The minimum atomic E-state index is -0.246. The molecule has 0 fully saturated rings. The largest absolute Gasteiger partial charge is 0.322 e. The zero-order chi connectivity index (χ0) is 14.1. The molecule has 0 amide bonds. The first kappa shape index (κ1) is 13.4. The number of rotatable bonds is 3. The maximum atomic E-state index is 13.0. The lowest BCUT2D eigenvalue weighted by Gasteiger charge is -2.08. The molecule has 0 aliphatic carbocycles. The van der Waals surface area contributed by atoms with Gasteiger partial charge in [-0.2, -0.15) is 0 Å². The number of fused-ring (bicyclic) bond motifs is 1. The van der Waals surface area contributed by atoms with E-state index in [0.717, 1.165) is 22.4 Å². The summed E-state index contributed by atoms with van der Waals surface area (Å²) < 4.78 is 15.0. The zero-order valence-electron chi connectivity index (χ0n) is 10.5. The number of para-hydroxylation sites is 1. The highest BCUT2D eigenvalue weighted by Crippen LogP contribution is 2.25. The molecule has 0 N–H and O–H groups in total. The molecule has 102 valence electrons. The number of benzene rings is 2.